The molecule has 0 bridgehead atoms. The summed E-state index contributed by atoms with van der Waals surface area (Å²) < 4.78 is 79.3. The van der Waals surface area contributed by atoms with E-state index in [1.54, 1.807) is 30.0 Å². The van der Waals surface area contributed by atoms with E-state index in [0.717, 1.165) is 0 Å². The summed E-state index contributed by atoms with van der Waals surface area (Å²) in [6, 6.07) is 8.03. The highest BCUT2D eigenvalue weighted by Crippen LogP contribution is 2.49. The Kier molecular flexibility index (Phi) is 8.34. The van der Waals surface area contributed by atoms with Crippen LogP contribution in [-0.4, -0.2) is 44.2 Å². The maximum atomic E-state index is 14.3. The number of hydrogen-bond acceptors (Lipinski definition) is 3. The number of benzene rings is 2. The van der Waals surface area contributed by atoms with E-state index in [2.05, 4.69) is 10.5 Å². The molecule has 0 saturated carbocycles. The molecule has 1 atom stereocenters. The number of hydrazone groups is 1. The zero-order chi connectivity index (χ0) is 26.7. The molecule has 196 valence electrons. The standard InChI is InChI=1S/C23H22Cl2F6N4O/c1-14-8-19(3-2-15(14)12-33-34-20(36)32-6-4-22(26,27)28)35-7-5-21(13-35,23(29,30)31)16-9-17(24)11-18(25)10-16/h2-3,8-12H,4-7,13H2,1H3,(H2,32,34,36)/b33-12+. The van der Waals surface area contributed by atoms with Gasteiger partial charge in [-0.2, -0.15) is 31.4 Å². The number of amides is 2. The number of rotatable bonds is 6. The van der Waals surface area contributed by atoms with Crippen LogP contribution in [0.5, 0.6) is 0 Å². The van der Waals surface area contributed by atoms with Crippen molar-refractivity contribution in [3.05, 3.63) is 63.1 Å². The van der Waals surface area contributed by atoms with Crippen molar-refractivity contribution in [3.63, 3.8) is 0 Å². The first-order valence-corrected chi connectivity index (χ1v) is 11.5. The highest BCUT2D eigenvalue weighted by Gasteiger charge is 2.59. The second-order valence-corrected chi connectivity index (χ2v) is 9.31. The summed E-state index contributed by atoms with van der Waals surface area (Å²) >= 11 is 12.0. The van der Waals surface area contributed by atoms with Gasteiger partial charge in [-0.1, -0.05) is 29.3 Å². The monoisotopic (exact) mass is 554 g/mol. The van der Waals surface area contributed by atoms with E-state index in [0.29, 0.717) is 16.8 Å². The van der Waals surface area contributed by atoms with E-state index in [1.165, 1.54) is 24.4 Å². The van der Waals surface area contributed by atoms with Crippen LogP contribution < -0.4 is 15.6 Å². The number of urea groups is 1. The zero-order valence-electron chi connectivity index (χ0n) is 18.9. The molecule has 0 spiro atoms. The summed E-state index contributed by atoms with van der Waals surface area (Å²) in [6.45, 7) is 0.961. The minimum absolute atomic E-state index is 0.00931. The maximum Gasteiger partial charge on any atom is 0.400 e. The van der Waals surface area contributed by atoms with Crippen LogP contribution >= 0.6 is 23.2 Å². The zero-order valence-corrected chi connectivity index (χ0v) is 20.4. The molecule has 0 radical (unpaired) electrons. The van der Waals surface area contributed by atoms with Gasteiger partial charge in [-0.25, -0.2) is 10.2 Å². The van der Waals surface area contributed by atoms with Gasteiger partial charge in [-0.15, -0.1) is 0 Å². The van der Waals surface area contributed by atoms with Crippen molar-refractivity contribution in [2.75, 3.05) is 24.5 Å². The summed E-state index contributed by atoms with van der Waals surface area (Å²) in [5.74, 6) is 0. The van der Waals surface area contributed by atoms with Gasteiger partial charge in [0.2, 0.25) is 0 Å². The van der Waals surface area contributed by atoms with E-state index in [9.17, 15) is 31.1 Å². The predicted molar refractivity (Wildman–Crippen MR) is 127 cm³/mol. The fraction of sp³-hybridized carbons (Fsp3) is 0.391. The third-order valence-corrected chi connectivity index (χ3v) is 6.35. The molecule has 5 nitrogen and oxygen atoms in total. The average molecular weight is 555 g/mol. The molecule has 2 aromatic carbocycles. The normalized spacial score (nSPS) is 18.6. The van der Waals surface area contributed by atoms with Crippen LogP contribution in [-0.2, 0) is 5.41 Å². The molecule has 36 heavy (non-hydrogen) atoms. The van der Waals surface area contributed by atoms with Gasteiger partial charge in [0, 0.05) is 35.4 Å². The third-order valence-electron chi connectivity index (χ3n) is 5.91. The Balaban J connectivity index is 1.70. The maximum absolute atomic E-state index is 14.3. The molecule has 2 N–H and O–H groups in total. The van der Waals surface area contributed by atoms with Crippen molar-refractivity contribution in [1.82, 2.24) is 10.7 Å². The lowest BCUT2D eigenvalue weighted by molar-refractivity contribution is -0.184. The van der Waals surface area contributed by atoms with Crippen LogP contribution in [0, 0.1) is 6.92 Å². The molecule has 0 aliphatic carbocycles. The summed E-state index contributed by atoms with van der Waals surface area (Å²) in [7, 11) is 0. The van der Waals surface area contributed by atoms with Crippen LogP contribution in [0.4, 0.5) is 36.8 Å². The molecule has 1 unspecified atom stereocenters. The molecule has 3 rings (SSSR count). The Morgan fingerprint density at radius 2 is 1.78 bits per heavy atom. The fourth-order valence-electron chi connectivity index (χ4n) is 4.01. The van der Waals surface area contributed by atoms with Gasteiger partial charge in [0.05, 0.1) is 12.6 Å². The molecule has 13 heteroatoms. The number of carbonyl (C=O) groups excluding carboxylic acids is 1. The van der Waals surface area contributed by atoms with E-state index in [-0.39, 0.29) is 35.1 Å². The van der Waals surface area contributed by atoms with Crippen LogP contribution in [0.25, 0.3) is 0 Å². The predicted octanol–water partition coefficient (Wildman–Crippen LogP) is 6.60. The molecule has 1 aliphatic rings. The number of aryl methyl sites for hydroxylation is 1. The van der Waals surface area contributed by atoms with Crippen molar-refractivity contribution in [3.8, 4) is 0 Å². The number of alkyl halides is 6. The van der Waals surface area contributed by atoms with Crippen LogP contribution in [0.3, 0.4) is 0 Å². The fourth-order valence-corrected chi connectivity index (χ4v) is 4.54. The highest BCUT2D eigenvalue weighted by atomic mass is 35.5. The molecule has 1 heterocycles. The first-order valence-electron chi connectivity index (χ1n) is 10.7. The average Bonchev–Trinajstić information content (AvgIpc) is 3.20. The van der Waals surface area contributed by atoms with Crippen molar-refractivity contribution >= 4 is 41.1 Å². The third kappa shape index (κ3) is 6.76. The Bertz CT molecular complexity index is 1120. The van der Waals surface area contributed by atoms with Crippen LogP contribution in [0.15, 0.2) is 41.5 Å². The van der Waals surface area contributed by atoms with Crippen molar-refractivity contribution in [2.24, 2.45) is 5.10 Å². The van der Waals surface area contributed by atoms with Crippen LogP contribution in [0.2, 0.25) is 10.0 Å². The molecule has 1 saturated heterocycles. The van der Waals surface area contributed by atoms with Gasteiger partial charge in [0.15, 0.2) is 0 Å². The smallest absolute Gasteiger partial charge is 0.370 e. The van der Waals surface area contributed by atoms with Gasteiger partial charge < -0.3 is 10.2 Å². The summed E-state index contributed by atoms with van der Waals surface area (Å²) in [6.07, 6.45) is -8.97. The lowest BCUT2D eigenvalue weighted by Crippen LogP contribution is -2.44. The number of carbonyl (C=O) groups is 1. The van der Waals surface area contributed by atoms with E-state index < -0.39 is 36.8 Å². The molecule has 2 amide bonds. The number of halogens is 8. The quantitative estimate of drug-likeness (QED) is 0.240. The van der Waals surface area contributed by atoms with Gasteiger partial charge in [-0.05, 0) is 60.4 Å². The second kappa shape index (κ2) is 10.8. The first kappa shape index (κ1) is 27.9. The van der Waals surface area contributed by atoms with Crippen molar-refractivity contribution < 1.29 is 31.1 Å². The van der Waals surface area contributed by atoms with Gasteiger partial charge in [0.25, 0.3) is 0 Å². The Morgan fingerprint density at radius 1 is 1.11 bits per heavy atom. The van der Waals surface area contributed by atoms with Gasteiger partial charge >= 0.3 is 18.4 Å². The minimum Gasteiger partial charge on any atom is -0.370 e. The molecular weight excluding hydrogens is 533 g/mol. The Morgan fingerprint density at radius 3 is 2.36 bits per heavy atom. The Labute approximate surface area is 213 Å². The van der Waals surface area contributed by atoms with Crippen molar-refractivity contribution in [2.45, 2.75) is 37.5 Å². The molecular formula is C23H22Cl2F6N4O. The summed E-state index contributed by atoms with van der Waals surface area (Å²) in [5.41, 5.74) is 1.74. The lowest BCUT2D eigenvalue weighted by atomic mass is 9.79. The number of hydrogen-bond donors (Lipinski definition) is 2. The van der Waals surface area contributed by atoms with Crippen LogP contribution in [0.1, 0.15) is 29.5 Å². The Hall–Kier alpha value is -2.66. The lowest BCUT2D eigenvalue weighted by Gasteiger charge is -2.33. The number of anilines is 1. The number of nitrogens with zero attached hydrogens (tertiary/aromatic N) is 2. The van der Waals surface area contributed by atoms with E-state index in [1.807, 2.05) is 5.32 Å². The summed E-state index contributed by atoms with van der Waals surface area (Å²) in [4.78, 5) is 13.1. The first-order chi connectivity index (χ1) is 16.7. The van der Waals surface area contributed by atoms with E-state index >= 15 is 0 Å². The molecule has 1 aliphatic heterocycles. The van der Waals surface area contributed by atoms with Gasteiger partial charge in [-0.3, -0.25) is 0 Å². The van der Waals surface area contributed by atoms with E-state index in [4.69, 9.17) is 23.2 Å². The minimum atomic E-state index is -4.54. The van der Waals surface area contributed by atoms with Gasteiger partial charge in [0.1, 0.15) is 5.41 Å². The van der Waals surface area contributed by atoms with Crippen molar-refractivity contribution in [1.29, 1.82) is 0 Å². The molecule has 1 fully saturated rings. The largest absolute Gasteiger partial charge is 0.400 e. The topological polar surface area (TPSA) is 56.7 Å². The molecule has 2 aromatic rings. The molecule has 0 aromatic heterocycles. The number of nitrogens with one attached hydrogen (secondary N) is 2. The second-order valence-electron chi connectivity index (χ2n) is 8.44. The highest BCUT2D eigenvalue weighted by molar-refractivity contribution is 6.34. The SMILES string of the molecule is Cc1cc(N2CCC(c3cc(Cl)cc(Cl)c3)(C(F)(F)F)C2)ccc1/C=N/NC(=O)NCCC(F)(F)F. The summed E-state index contributed by atoms with van der Waals surface area (Å²) in [5, 5.41) is 5.98.